The fraction of sp³-hybridized carbons (Fsp3) is 0.818. The minimum absolute atomic E-state index is 0.315. The quantitative estimate of drug-likeness (QED) is 0.495. The van der Waals surface area contributed by atoms with Gasteiger partial charge in [-0.25, -0.2) is 0 Å². The Kier molecular flexibility index (Phi) is 0.730. The monoisotopic (exact) mass is 162 g/mol. The second-order valence-corrected chi connectivity index (χ2v) is 5.15. The van der Waals surface area contributed by atoms with Crippen molar-refractivity contribution in [2.45, 2.75) is 25.4 Å². The molecule has 1 saturated heterocycles. The maximum atomic E-state index is 6.06. The number of rotatable bonds is 0. The number of fused-ring (bicyclic) bond motifs is 1. The molecule has 2 saturated carbocycles. The Labute approximate surface area is 72.8 Å². The van der Waals surface area contributed by atoms with E-state index in [9.17, 15) is 0 Å². The molecule has 0 aromatic rings. The summed E-state index contributed by atoms with van der Waals surface area (Å²) in [5.74, 6) is 2.64. The molecule has 1 aliphatic heterocycles. The highest BCUT2D eigenvalue weighted by Crippen LogP contribution is 2.81. The van der Waals surface area contributed by atoms with Gasteiger partial charge in [0.2, 0.25) is 0 Å². The van der Waals surface area contributed by atoms with Crippen LogP contribution in [0, 0.1) is 23.2 Å². The Bertz CT molecular complexity index is 295. The second-order valence-electron chi connectivity index (χ2n) is 5.15. The van der Waals surface area contributed by atoms with Crippen molar-refractivity contribution in [3.8, 4) is 0 Å². The van der Waals surface area contributed by atoms with E-state index in [1.165, 1.54) is 12.8 Å². The lowest BCUT2D eigenvalue weighted by Crippen LogP contribution is -2.34. The van der Waals surface area contributed by atoms with E-state index >= 15 is 0 Å². The maximum absolute atomic E-state index is 6.06. The Balaban J connectivity index is 1.94. The summed E-state index contributed by atoms with van der Waals surface area (Å²) in [7, 11) is 0. The fourth-order valence-electron chi connectivity index (χ4n) is 4.42. The Morgan fingerprint density at radius 2 is 2.42 bits per heavy atom. The van der Waals surface area contributed by atoms with Crippen molar-refractivity contribution >= 4 is 0 Å². The SMILES string of the molecule is C[C@]12C=C[C@H]3[C@@H]4CCO[C@@]31[C@H]2C4. The lowest BCUT2D eigenvalue weighted by molar-refractivity contribution is -0.0531. The molecule has 1 spiro atoms. The third kappa shape index (κ3) is 0.352. The van der Waals surface area contributed by atoms with Gasteiger partial charge in [-0.15, -0.1) is 0 Å². The molecule has 0 N–H and O–H groups in total. The summed E-state index contributed by atoms with van der Waals surface area (Å²) in [6.07, 6.45) is 7.62. The van der Waals surface area contributed by atoms with Gasteiger partial charge in [-0.1, -0.05) is 19.1 Å². The van der Waals surface area contributed by atoms with Crippen LogP contribution in [-0.4, -0.2) is 12.2 Å². The van der Waals surface area contributed by atoms with Gasteiger partial charge in [0.1, 0.15) is 0 Å². The average Bonchev–Trinajstić information content (AvgIpc) is 2.34. The number of hydrogen-bond acceptors (Lipinski definition) is 1. The smallest absolute Gasteiger partial charge is 0.0875 e. The van der Waals surface area contributed by atoms with Crippen LogP contribution in [0.25, 0.3) is 0 Å². The van der Waals surface area contributed by atoms with Gasteiger partial charge in [0.15, 0.2) is 0 Å². The van der Waals surface area contributed by atoms with E-state index in [-0.39, 0.29) is 0 Å². The predicted octanol–water partition coefficient (Wildman–Crippen LogP) is 1.99. The van der Waals surface area contributed by atoms with Crippen LogP contribution >= 0.6 is 0 Å². The topological polar surface area (TPSA) is 9.23 Å². The molecular weight excluding hydrogens is 148 g/mol. The van der Waals surface area contributed by atoms with E-state index in [0.29, 0.717) is 11.0 Å². The van der Waals surface area contributed by atoms with Gasteiger partial charge in [0, 0.05) is 23.9 Å². The fourth-order valence-corrected chi connectivity index (χ4v) is 4.42. The van der Waals surface area contributed by atoms with Gasteiger partial charge in [0.25, 0.3) is 0 Å². The van der Waals surface area contributed by atoms with Crippen LogP contribution in [0.5, 0.6) is 0 Å². The summed E-state index contributed by atoms with van der Waals surface area (Å²) in [5, 5.41) is 0. The van der Waals surface area contributed by atoms with E-state index < -0.39 is 0 Å². The second kappa shape index (κ2) is 1.41. The molecule has 0 amide bonds. The van der Waals surface area contributed by atoms with E-state index in [1.807, 2.05) is 0 Å². The van der Waals surface area contributed by atoms with E-state index in [2.05, 4.69) is 19.1 Å². The largest absolute Gasteiger partial charge is 0.373 e. The van der Waals surface area contributed by atoms with Gasteiger partial charge in [0.05, 0.1) is 5.60 Å². The van der Waals surface area contributed by atoms with Crippen molar-refractivity contribution in [2.24, 2.45) is 23.2 Å². The summed E-state index contributed by atoms with van der Waals surface area (Å²) in [6.45, 7) is 3.41. The van der Waals surface area contributed by atoms with Crippen molar-refractivity contribution in [1.82, 2.24) is 0 Å². The summed E-state index contributed by atoms with van der Waals surface area (Å²) >= 11 is 0. The van der Waals surface area contributed by atoms with E-state index in [1.54, 1.807) is 0 Å². The Hall–Kier alpha value is -0.300. The van der Waals surface area contributed by atoms with Crippen molar-refractivity contribution in [2.75, 3.05) is 6.61 Å². The molecule has 64 valence electrons. The minimum atomic E-state index is 0.315. The third-order valence-electron chi connectivity index (χ3n) is 5.02. The molecule has 4 rings (SSSR count). The van der Waals surface area contributed by atoms with Gasteiger partial charge in [-0.05, 0) is 18.8 Å². The normalized spacial score (nSPS) is 69.9. The first kappa shape index (κ1) is 6.20. The number of ether oxygens (including phenoxy) is 1. The minimum Gasteiger partial charge on any atom is -0.373 e. The molecule has 0 aromatic heterocycles. The zero-order chi connectivity index (χ0) is 7.97. The molecule has 0 unspecified atom stereocenters. The van der Waals surface area contributed by atoms with Crippen LogP contribution in [0.1, 0.15) is 19.8 Å². The molecule has 0 aromatic carbocycles. The van der Waals surface area contributed by atoms with Crippen LogP contribution < -0.4 is 0 Å². The Morgan fingerprint density at radius 1 is 1.50 bits per heavy atom. The molecule has 0 radical (unpaired) electrons. The zero-order valence-corrected chi connectivity index (χ0v) is 7.42. The standard InChI is InChI=1S/C11H14O/c1-10-4-2-8-7-3-5-12-11(8,10)9(10)6-7/h2,4,7-9H,3,5-6H2,1H3/t7-,8+,9+,10-,11-/m1/s1. The first-order valence-corrected chi connectivity index (χ1v) is 5.12. The van der Waals surface area contributed by atoms with E-state index in [4.69, 9.17) is 4.74 Å². The molecule has 12 heavy (non-hydrogen) atoms. The van der Waals surface area contributed by atoms with E-state index in [0.717, 1.165) is 24.4 Å². The van der Waals surface area contributed by atoms with Gasteiger partial charge in [-0.3, -0.25) is 0 Å². The summed E-state index contributed by atoms with van der Waals surface area (Å²) < 4.78 is 6.06. The van der Waals surface area contributed by atoms with Gasteiger partial charge in [-0.2, -0.15) is 0 Å². The molecule has 1 heteroatoms. The molecule has 4 aliphatic rings. The zero-order valence-electron chi connectivity index (χ0n) is 7.42. The Morgan fingerprint density at radius 3 is 3.25 bits per heavy atom. The summed E-state index contributed by atoms with van der Waals surface area (Å²) in [5.41, 5.74) is 0.768. The van der Waals surface area contributed by atoms with Gasteiger partial charge >= 0.3 is 0 Å². The highest BCUT2D eigenvalue weighted by atomic mass is 16.5. The summed E-state index contributed by atoms with van der Waals surface area (Å²) in [6, 6.07) is 0. The van der Waals surface area contributed by atoms with Gasteiger partial charge < -0.3 is 4.74 Å². The average molecular weight is 162 g/mol. The number of hydrogen-bond donors (Lipinski definition) is 0. The maximum Gasteiger partial charge on any atom is 0.0875 e. The lowest BCUT2D eigenvalue weighted by atomic mass is 9.84. The predicted molar refractivity (Wildman–Crippen MR) is 45.6 cm³/mol. The lowest BCUT2D eigenvalue weighted by Gasteiger charge is -2.32. The molecule has 3 aliphatic carbocycles. The molecule has 3 fully saturated rings. The van der Waals surface area contributed by atoms with Crippen LogP contribution in [0.2, 0.25) is 0 Å². The third-order valence-corrected chi connectivity index (χ3v) is 5.02. The first-order chi connectivity index (χ1) is 5.79. The highest BCUT2D eigenvalue weighted by Gasteiger charge is 2.83. The molecular formula is C11H14O. The molecule has 1 nitrogen and oxygen atoms in total. The molecule has 5 atom stereocenters. The molecule has 1 heterocycles. The van der Waals surface area contributed by atoms with Crippen molar-refractivity contribution in [1.29, 1.82) is 0 Å². The highest BCUT2D eigenvalue weighted by molar-refractivity contribution is 5.44. The van der Waals surface area contributed by atoms with Crippen LogP contribution in [0.3, 0.4) is 0 Å². The summed E-state index contributed by atoms with van der Waals surface area (Å²) in [4.78, 5) is 0. The van der Waals surface area contributed by atoms with Crippen LogP contribution in [0.4, 0.5) is 0 Å². The first-order valence-electron chi connectivity index (χ1n) is 5.12. The van der Waals surface area contributed by atoms with Crippen LogP contribution in [0.15, 0.2) is 12.2 Å². The molecule has 2 bridgehead atoms. The van der Waals surface area contributed by atoms with Crippen molar-refractivity contribution in [3.05, 3.63) is 12.2 Å². The van der Waals surface area contributed by atoms with Crippen molar-refractivity contribution < 1.29 is 4.74 Å². The van der Waals surface area contributed by atoms with Crippen molar-refractivity contribution in [3.63, 3.8) is 0 Å². The van der Waals surface area contributed by atoms with Crippen LogP contribution in [-0.2, 0) is 4.74 Å².